The number of aryl methyl sites for hydroxylation is 1. The van der Waals surface area contributed by atoms with Crippen LogP contribution in [-0.2, 0) is 19.4 Å². The van der Waals surface area contributed by atoms with Gasteiger partial charge in [-0.05, 0) is 31.1 Å². The first-order valence-electron chi connectivity index (χ1n) is 10.6. The molecule has 0 aromatic carbocycles. The Balaban J connectivity index is 1.60. The molecule has 3 fully saturated rings. The number of thiocarbonyl (C=S) groups is 1. The number of morpholine rings is 1. The summed E-state index contributed by atoms with van der Waals surface area (Å²) in [6, 6.07) is 3.22. The fourth-order valence-electron chi connectivity index (χ4n) is 4.29. The van der Waals surface area contributed by atoms with Crippen LogP contribution in [0.4, 0.5) is 5.82 Å². The fourth-order valence-corrected chi connectivity index (χ4v) is 7.38. The van der Waals surface area contributed by atoms with E-state index in [1.165, 1.54) is 9.30 Å². The molecular weight excluding hydrogens is 484 g/mol. The predicted molar refractivity (Wildman–Crippen MR) is 131 cm³/mol. The molecule has 3 aliphatic rings. The van der Waals surface area contributed by atoms with Gasteiger partial charge in [-0.25, -0.2) is 13.4 Å². The van der Waals surface area contributed by atoms with Crippen molar-refractivity contribution >= 4 is 61.6 Å². The molecule has 33 heavy (non-hydrogen) atoms. The van der Waals surface area contributed by atoms with E-state index < -0.39 is 15.9 Å². The highest BCUT2D eigenvalue weighted by atomic mass is 32.2. The number of anilines is 1. The van der Waals surface area contributed by atoms with Gasteiger partial charge >= 0.3 is 0 Å². The number of fused-ring (bicyclic) bond motifs is 1. The van der Waals surface area contributed by atoms with Gasteiger partial charge in [0.05, 0.1) is 41.2 Å². The van der Waals surface area contributed by atoms with E-state index in [0.29, 0.717) is 59.0 Å². The Morgan fingerprint density at radius 1 is 1.24 bits per heavy atom. The number of carbonyl (C=O) groups is 1. The number of pyridine rings is 1. The third kappa shape index (κ3) is 4.20. The first kappa shape index (κ1) is 22.5. The number of thioether (sulfide) groups is 1. The maximum absolute atomic E-state index is 13.5. The van der Waals surface area contributed by atoms with Crippen molar-refractivity contribution in [2.45, 2.75) is 19.4 Å². The third-order valence-electron chi connectivity index (χ3n) is 5.97. The first-order chi connectivity index (χ1) is 15.7. The minimum absolute atomic E-state index is 0.0459. The molecule has 0 saturated carbocycles. The lowest BCUT2D eigenvalue weighted by Gasteiger charge is -2.29. The second-order valence-corrected chi connectivity index (χ2v) is 12.2. The Bertz CT molecular complexity index is 1360. The summed E-state index contributed by atoms with van der Waals surface area (Å²) in [5, 5.41) is 0. The van der Waals surface area contributed by atoms with Crippen molar-refractivity contribution in [3.05, 3.63) is 44.7 Å². The van der Waals surface area contributed by atoms with Crippen LogP contribution in [0.5, 0.6) is 0 Å². The lowest BCUT2D eigenvalue weighted by atomic mass is 10.2. The van der Waals surface area contributed by atoms with Gasteiger partial charge in [0, 0.05) is 19.3 Å². The summed E-state index contributed by atoms with van der Waals surface area (Å²) in [7, 11) is -3.18. The largest absolute Gasteiger partial charge is 0.378 e. The molecule has 1 atom stereocenters. The quantitative estimate of drug-likeness (QED) is 0.449. The van der Waals surface area contributed by atoms with Crippen LogP contribution in [0, 0.1) is 6.92 Å². The predicted octanol–water partition coefficient (Wildman–Crippen LogP) is 1.23. The number of rotatable bonds is 3. The second kappa shape index (κ2) is 8.49. The van der Waals surface area contributed by atoms with Gasteiger partial charge in [-0.2, -0.15) is 0 Å². The van der Waals surface area contributed by atoms with Crippen molar-refractivity contribution in [3.8, 4) is 0 Å². The number of aromatic nitrogens is 2. The summed E-state index contributed by atoms with van der Waals surface area (Å²) in [5.74, 6) is 0.0877. The molecule has 12 heteroatoms. The van der Waals surface area contributed by atoms with Gasteiger partial charge in [-0.1, -0.05) is 30.0 Å². The Hall–Kier alpha value is -2.28. The van der Waals surface area contributed by atoms with Gasteiger partial charge in [-0.3, -0.25) is 18.9 Å². The molecule has 5 heterocycles. The Morgan fingerprint density at radius 3 is 2.70 bits per heavy atom. The minimum Gasteiger partial charge on any atom is -0.378 e. The van der Waals surface area contributed by atoms with Gasteiger partial charge in [0.2, 0.25) is 0 Å². The molecule has 9 nitrogen and oxygen atoms in total. The summed E-state index contributed by atoms with van der Waals surface area (Å²) in [4.78, 5) is 35.2. The van der Waals surface area contributed by atoms with Crippen LogP contribution in [0.3, 0.4) is 0 Å². The molecule has 3 aliphatic heterocycles. The van der Waals surface area contributed by atoms with Crippen molar-refractivity contribution in [1.29, 1.82) is 0 Å². The number of hydrogen-bond donors (Lipinski definition) is 0. The molecule has 1 unspecified atom stereocenters. The second-order valence-electron chi connectivity index (χ2n) is 8.30. The molecule has 3 saturated heterocycles. The van der Waals surface area contributed by atoms with Crippen LogP contribution in [0.25, 0.3) is 11.7 Å². The number of hydrogen-bond acceptors (Lipinski definition) is 9. The lowest BCUT2D eigenvalue weighted by molar-refractivity contribution is -0.123. The van der Waals surface area contributed by atoms with Gasteiger partial charge < -0.3 is 9.64 Å². The highest BCUT2D eigenvalue weighted by Gasteiger charge is 2.42. The molecule has 0 radical (unpaired) electrons. The molecule has 174 valence electrons. The maximum Gasteiger partial charge on any atom is 0.267 e. The number of sulfone groups is 1. The molecule has 1 amide bonds. The van der Waals surface area contributed by atoms with E-state index in [-0.39, 0.29) is 23.0 Å². The topological polar surface area (TPSA) is 101 Å². The Kier molecular flexibility index (Phi) is 5.79. The van der Waals surface area contributed by atoms with Crippen molar-refractivity contribution in [2.75, 3.05) is 42.7 Å². The van der Waals surface area contributed by atoms with E-state index in [0.717, 1.165) is 17.3 Å². The number of carbonyl (C=O) groups excluding carboxylic acids is 1. The number of nitrogens with zero attached hydrogens (tertiary/aromatic N) is 4. The first-order valence-corrected chi connectivity index (χ1v) is 13.6. The number of amides is 1. The summed E-state index contributed by atoms with van der Waals surface area (Å²) in [6.45, 7) is 4.09. The van der Waals surface area contributed by atoms with Crippen LogP contribution in [0.1, 0.15) is 17.5 Å². The zero-order valence-electron chi connectivity index (χ0n) is 17.9. The van der Waals surface area contributed by atoms with Gasteiger partial charge in [-0.15, -0.1) is 0 Å². The van der Waals surface area contributed by atoms with Gasteiger partial charge in [0.25, 0.3) is 11.5 Å². The Labute approximate surface area is 200 Å². The van der Waals surface area contributed by atoms with Crippen molar-refractivity contribution < 1.29 is 17.9 Å². The van der Waals surface area contributed by atoms with E-state index >= 15 is 0 Å². The molecule has 0 N–H and O–H groups in total. The SMILES string of the molecule is Cc1ccc2nc(N3CCOCC3)c(C=C3SC(=S)N(C4CCS(=O)(=O)C4)C3=O)c(=O)n2c1. The van der Waals surface area contributed by atoms with Crippen LogP contribution in [0.15, 0.2) is 28.0 Å². The molecule has 0 bridgehead atoms. The van der Waals surface area contributed by atoms with Crippen molar-refractivity contribution in [2.24, 2.45) is 0 Å². The maximum atomic E-state index is 13.5. The van der Waals surface area contributed by atoms with Gasteiger partial charge in [0.15, 0.2) is 9.84 Å². The van der Waals surface area contributed by atoms with Crippen LogP contribution in [0.2, 0.25) is 0 Å². The average molecular weight is 507 g/mol. The molecular formula is C21H22N4O5S3. The molecule has 0 aliphatic carbocycles. The standard InChI is InChI=1S/C21H22N4O5S3/c1-13-2-3-17-22-18(23-5-7-30-8-6-23)15(19(26)24(17)11-13)10-16-20(27)25(21(31)32-16)14-4-9-33(28,29)12-14/h2-3,10-11,14H,4-9,12H2,1H3. The van der Waals surface area contributed by atoms with Crippen LogP contribution in [-0.4, -0.2) is 76.8 Å². The van der Waals surface area contributed by atoms with E-state index in [9.17, 15) is 18.0 Å². The molecule has 5 rings (SSSR count). The van der Waals surface area contributed by atoms with Crippen LogP contribution >= 0.6 is 24.0 Å². The zero-order valence-corrected chi connectivity index (χ0v) is 20.3. The monoisotopic (exact) mass is 506 g/mol. The normalized spacial score (nSPS) is 24.4. The Morgan fingerprint density at radius 2 is 2.00 bits per heavy atom. The van der Waals surface area contributed by atoms with Crippen LogP contribution < -0.4 is 10.5 Å². The highest BCUT2D eigenvalue weighted by molar-refractivity contribution is 8.26. The summed E-state index contributed by atoms with van der Waals surface area (Å²) < 4.78 is 31.1. The lowest BCUT2D eigenvalue weighted by Crippen LogP contribution is -2.39. The average Bonchev–Trinajstić information content (AvgIpc) is 3.28. The van der Waals surface area contributed by atoms with Crippen molar-refractivity contribution in [1.82, 2.24) is 14.3 Å². The molecule has 2 aromatic rings. The zero-order chi connectivity index (χ0) is 23.3. The van der Waals surface area contributed by atoms with E-state index in [1.807, 2.05) is 17.9 Å². The highest BCUT2D eigenvalue weighted by Crippen LogP contribution is 2.37. The minimum atomic E-state index is -3.18. The van der Waals surface area contributed by atoms with E-state index in [1.54, 1.807) is 18.3 Å². The molecule has 0 spiro atoms. The summed E-state index contributed by atoms with van der Waals surface area (Å²) in [5.41, 5.74) is 1.46. The number of ether oxygens (including phenoxy) is 1. The molecule has 2 aromatic heterocycles. The fraction of sp³-hybridized carbons (Fsp3) is 0.429. The van der Waals surface area contributed by atoms with E-state index in [2.05, 4.69) is 0 Å². The smallest absolute Gasteiger partial charge is 0.267 e. The third-order valence-corrected chi connectivity index (χ3v) is 9.05. The summed E-state index contributed by atoms with van der Waals surface area (Å²) >= 11 is 6.51. The van der Waals surface area contributed by atoms with E-state index in [4.69, 9.17) is 21.9 Å². The van der Waals surface area contributed by atoms with Gasteiger partial charge in [0.1, 0.15) is 15.8 Å². The van der Waals surface area contributed by atoms with Crippen molar-refractivity contribution in [3.63, 3.8) is 0 Å². The summed E-state index contributed by atoms with van der Waals surface area (Å²) in [6.07, 6.45) is 3.64.